The number of carbonyl (C=O) groups excluding carboxylic acids is 1. The van der Waals surface area contributed by atoms with E-state index in [0.29, 0.717) is 19.3 Å². The molecule has 0 aliphatic heterocycles. The maximum absolute atomic E-state index is 11.8. The van der Waals surface area contributed by atoms with Crippen molar-refractivity contribution in [2.45, 2.75) is 38.5 Å². The lowest BCUT2D eigenvalue weighted by Crippen LogP contribution is -2.51. The standard InChI is InChI=1S/C11H17NO3/c1-12-8(13)10-2-5-11(6-3-10,7-4-10)9(14)15/h2-7H2,1H3,(H,12,13)(H,14,15). The lowest BCUT2D eigenvalue weighted by Gasteiger charge is -2.50. The van der Waals surface area contributed by atoms with Gasteiger partial charge in [0.2, 0.25) is 5.91 Å². The molecule has 0 atom stereocenters. The molecule has 4 heteroatoms. The molecule has 0 unspecified atom stereocenters. The second kappa shape index (κ2) is 3.22. The number of carbonyl (C=O) groups is 2. The molecule has 3 fully saturated rings. The molecule has 0 spiro atoms. The summed E-state index contributed by atoms with van der Waals surface area (Å²) >= 11 is 0. The van der Waals surface area contributed by atoms with E-state index < -0.39 is 11.4 Å². The first kappa shape index (κ1) is 10.5. The molecule has 3 aliphatic rings. The van der Waals surface area contributed by atoms with Crippen molar-refractivity contribution in [2.24, 2.45) is 10.8 Å². The van der Waals surface area contributed by atoms with E-state index in [9.17, 15) is 14.7 Å². The molecule has 0 heterocycles. The Labute approximate surface area is 89.0 Å². The minimum atomic E-state index is -0.673. The molecule has 4 nitrogen and oxygen atoms in total. The number of fused-ring (bicyclic) bond motifs is 3. The average molecular weight is 211 g/mol. The molecule has 0 radical (unpaired) electrons. The monoisotopic (exact) mass is 211 g/mol. The van der Waals surface area contributed by atoms with E-state index >= 15 is 0 Å². The fourth-order valence-electron chi connectivity index (χ4n) is 3.11. The van der Waals surface area contributed by atoms with Gasteiger partial charge in [-0.1, -0.05) is 0 Å². The van der Waals surface area contributed by atoms with Crippen LogP contribution in [0.4, 0.5) is 0 Å². The minimum Gasteiger partial charge on any atom is -0.481 e. The van der Waals surface area contributed by atoms with Crippen LogP contribution in [0.1, 0.15) is 38.5 Å². The highest BCUT2D eigenvalue weighted by atomic mass is 16.4. The first-order valence-electron chi connectivity index (χ1n) is 5.50. The molecule has 0 saturated heterocycles. The third-order valence-electron chi connectivity index (χ3n) is 4.41. The first-order valence-corrected chi connectivity index (χ1v) is 5.50. The van der Waals surface area contributed by atoms with E-state index in [1.807, 2.05) is 0 Å². The van der Waals surface area contributed by atoms with E-state index in [2.05, 4.69) is 5.32 Å². The normalized spacial score (nSPS) is 38.7. The molecule has 3 aliphatic carbocycles. The summed E-state index contributed by atoms with van der Waals surface area (Å²) in [6, 6.07) is 0. The van der Waals surface area contributed by atoms with Gasteiger partial charge >= 0.3 is 5.97 Å². The average Bonchev–Trinajstić information content (AvgIpc) is 2.30. The number of nitrogens with one attached hydrogen (secondary N) is 1. The summed E-state index contributed by atoms with van der Waals surface area (Å²) in [5.41, 5.74) is -0.776. The molecule has 2 N–H and O–H groups in total. The molecule has 0 aromatic rings. The Hall–Kier alpha value is -1.06. The molecule has 1 amide bonds. The van der Waals surface area contributed by atoms with Crippen LogP contribution in [0.2, 0.25) is 0 Å². The Morgan fingerprint density at radius 3 is 1.73 bits per heavy atom. The third kappa shape index (κ3) is 1.34. The van der Waals surface area contributed by atoms with E-state index in [4.69, 9.17) is 0 Å². The molecule has 15 heavy (non-hydrogen) atoms. The smallest absolute Gasteiger partial charge is 0.309 e. The van der Waals surface area contributed by atoms with Gasteiger partial charge in [-0.25, -0.2) is 0 Å². The van der Waals surface area contributed by atoms with Gasteiger partial charge in [-0.05, 0) is 38.5 Å². The van der Waals surface area contributed by atoms with Gasteiger partial charge in [0.25, 0.3) is 0 Å². The van der Waals surface area contributed by atoms with E-state index in [1.165, 1.54) is 0 Å². The third-order valence-corrected chi connectivity index (χ3v) is 4.41. The topological polar surface area (TPSA) is 66.4 Å². The molecular formula is C11H17NO3. The Morgan fingerprint density at radius 1 is 1.00 bits per heavy atom. The summed E-state index contributed by atoms with van der Waals surface area (Å²) in [6.45, 7) is 0. The fraction of sp³-hybridized carbons (Fsp3) is 0.818. The second-order valence-corrected chi connectivity index (χ2v) is 4.94. The highest BCUT2D eigenvalue weighted by Crippen LogP contribution is 2.56. The predicted octanol–water partition coefficient (Wildman–Crippen LogP) is 1.16. The van der Waals surface area contributed by atoms with Crippen molar-refractivity contribution < 1.29 is 14.7 Å². The van der Waals surface area contributed by atoms with Crippen LogP contribution in [-0.2, 0) is 9.59 Å². The summed E-state index contributed by atoms with van der Waals surface area (Å²) in [4.78, 5) is 22.9. The molecular weight excluding hydrogens is 194 g/mol. The molecule has 84 valence electrons. The van der Waals surface area contributed by atoms with Crippen molar-refractivity contribution in [1.82, 2.24) is 5.32 Å². The van der Waals surface area contributed by atoms with Crippen LogP contribution in [0.15, 0.2) is 0 Å². The number of carboxylic acids is 1. The first-order chi connectivity index (χ1) is 7.05. The van der Waals surface area contributed by atoms with Crippen LogP contribution in [-0.4, -0.2) is 24.0 Å². The zero-order valence-electron chi connectivity index (χ0n) is 9.01. The summed E-state index contributed by atoms with van der Waals surface area (Å²) in [6.07, 6.45) is 4.19. The second-order valence-electron chi connectivity index (χ2n) is 4.94. The maximum Gasteiger partial charge on any atom is 0.309 e. The van der Waals surface area contributed by atoms with Crippen molar-refractivity contribution >= 4 is 11.9 Å². The Morgan fingerprint density at radius 2 is 1.40 bits per heavy atom. The summed E-state index contributed by atoms with van der Waals surface area (Å²) in [5.74, 6) is -0.575. The molecule has 3 saturated carbocycles. The van der Waals surface area contributed by atoms with Crippen LogP contribution in [0.3, 0.4) is 0 Å². The number of hydrogen-bond acceptors (Lipinski definition) is 2. The van der Waals surface area contributed by atoms with Gasteiger partial charge in [0.1, 0.15) is 0 Å². The van der Waals surface area contributed by atoms with Crippen molar-refractivity contribution in [2.75, 3.05) is 7.05 Å². The van der Waals surface area contributed by atoms with Crippen molar-refractivity contribution in [3.05, 3.63) is 0 Å². The van der Waals surface area contributed by atoms with Crippen LogP contribution < -0.4 is 5.32 Å². The zero-order valence-corrected chi connectivity index (χ0v) is 9.01. The lowest BCUT2D eigenvalue weighted by molar-refractivity contribution is -0.163. The Bertz CT molecular complexity index is 286. The number of aliphatic carboxylic acids is 1. The van der Waals surface area contributed by atoms with Gasteiger partial charge in [-0.15, -0.1) is 0 Å². The van der Waals surface area contributed by atoms with E-state index in [0.717, 1.165) is 19.3 Å². The van der Waals surface area contributed by atoms with Gasteiger partial charge in [-0.3, -0.25) is 9.59 Å². The van der Waals surface area contributed by atoms with Crippen LogP contribution in [0.25, 0.3) is 0 Å². The largest absolute Gasteiger partial charge is 0.481 e. The summed E-state index contributed by atoms with van der Waals surface area (Å²) < 4.78 is 0. The van der Waals surface area contributed by atoms with Gasteiger partial charge in [0.05, 0.1) is 5.41 Å². The number of amides is 1. The SMILES string of the molecule is CNC(=O)C12CCC(C(=O)O)(CC1)CC2. The molecule has 3 rings (SSSR count). The molecule has 2 bridgehead atoms. The Balaban J connectivity index is 2.17. The number of carboxylic acid groups (broad SMARTS) is 1. The van der Waals surface area contributed by atoms with Crippen molar-refractivity contribution in [3.8, 4) is 0 Å². The fourth-order valence-corrected chi connectivity index (χ4v) is 3.11. The summed E-state index contributed by atoms with van der Waals surface area (Å²) in [5, 5.41) is 11.9. The molecule has 0 aromatic carbocycles. The van der Waals surface area contributed by atoms with Gasteiger partial charge in [-0.2, -0.15) is 0 Å². The van der Waals surface area contributed by atoms with Gasteiger partial charge in [0, 0.05) is 12.5 Å². The number of rotatable bonds is 2. The lowest BCUT2D eigenvalue weighted by atomic mass is 9.53. The predicted molar refractivity (Wildman–Crippen MR) is 54.3 cm³/mol. The van der Waals surface area contributed by atoms with Crippen LogP contribution in [0.5, 0.6) is 0 Å². The van der Waals surface area contributed by atoms with Gasteiger partial charge < -0.3 is 10.4 Å². The van der Waals surface area contributed by atoms with Crippen molar-refractivity contribution in [1.29, 1.82) is 0 Å². The number of hydrogen-bond donors (Lipinski definition) is 2. The quantitative estimate of drug-likeness (QED) is 0.720. The Kier molecular flexibility index (Phi) is 2.24. The maximum atomic E-state index is 11.8. The molecule has 0 aromatic heterocycles. The van der Waals surface area contributed by atoms with E-state index in [1.54, 1.807) is 7.05 Å². The minimum absolute atomic E-state index is 0.0983. The van der Waals surface area contributed by atoms with Crippen LogP contribution in [0, 0.1) is 10.8 Å². The highest BCUT2D eigenvalue weighted by Gasteiger charge is 2.55. The summed E-state index contributed by atoms with van der Waals surface area (Å²) in [7, 11) is 1.66. The van der Waals surface area contributed by atoms with E-state index in [-0.39, 0.29) is 11.3 Å². The highest BCUT2D eigenvalue weighted by molar-refractivity contribution is 5.84. The van der Waals surface area contributed by atoms with Gasteiger partial charge in [0.15, 0.2) is 0 Å². The zero-order chi connectivity index (χ0) is 11.1. The van der Waals surface area contributed by atoms with Crippen LogP contribution >= 0.6 is 0 Å². The van der Waals surface area contributed by atoms with Crippen molar-refractivity contribution in [3.63, 3.8) is 0 Å².